The predicted molar refractivity (Wildman–Crippen MR) is 94.7 cm³/mol. The molecule has 0 heterocycles. The molecular weight excluding hydrogens is 373 g/mol. The van der Waals surface area contributed by atoms with Crippen molar-refractivity contribution in [3.63, 3.8) is 0 Å². The summed E-state index contributed by atoms with van der Waals surface area (Å²) in [7, 11) is 0.710. The second-order valence-corrected chi connectivity index (χ2v) is 7.87. The van der Waals surface area contributed by atoms with E-state index >= 15 is 0 Å². The molecule has 0 aromatic heterocycles. The lowest BCUT2D eigenvalue weighted by Gasteiger charge is -2.20. The molecule has 0 aliphatic heterocycles. The van der Waals surface area contributed by atoms with E-state index in [0.29, 0.717) is 22.1 Å². The third-order valence-corrected chi connectivity index (χ3v) is 5.98. The van der Waals surface area contributed by atoms with E-state index in [-0.39, 0.29) is 16.5 Å². The fourth-order valence-corrected chi connectivity index (χ4v) is 4.06. The van der Waals surface area contributed by atoms with Gasteiger partial charge in [-0.1, -0.05) is 23.2 Å². The molecule has 0 aliphatic rings. The van der Waals surface area contributed by atoms with Crippen molar-refractivity contribution in [2.45, 2.75) is 11.4 Å². The molecule has 0 saturated carbocycles. The van der Waals surface area contributed by atoms with Crippen LogP contribution in [0.15, 0.2) is 41.3 Å². The van der Waals surface area contributed by atoms with Gasteiger partial charge < -0.3 is 9.47 Å². The van der Waals surface area contributed by atoms with Crippen molar-refractivity contribution >= 4 is 33.2 Å². The van der Waals surface area contributed by atoms with Crippen LogP contribution in [0.3, 0.4) is 0 Å². The molecular formula is C16H17Cl2NO4S. The Morgan fingerprint density at radius 3 is 2.38 bits per heavy atom. The van der Waals surface area contributed by atoms with E-state index in [1.54, 1.807) is 18.2 Å². The van der Waals surface area contributed by atoms with Gasteiger partial charge in [0.25, 0.3) is 0 Å². The third-order valence-electron chi connectivity index (χ3n) is 3.46. The Kier molecular flexibility index (Phi) is 5.98. The first-order chi connectivity index (χ1) is 11.3. The van der Waals surface area contributed by atoms with Crippen LogP contribution in [-0.4, -0.2) is 34.0 Å². The first-order valence-corrected chi connectivity index (χ1v) is 9.11. The van der Waals surface area contributed by atoms with Gasteiger partial charge in [-0.05, 0) is 36.4 Å². The average molecular weight is 390 g/mol. The average Bonchev–Trinajstić information content (AvgIpc) is 2.56. The van der Waals surface area contributed by atoms with Crippen LogP contribution in [0.2, 0.25) is 10.0 Å². The van der Waals surface area contributed by atoms with Crippen LogP contribution in [0.25, 0.3) is 0 Å². The molecule has 0 spiro atoms. The Balaban J connectivity index is 2.38. The molecule has 0 atom stereocenters. The van der Waals surface area contributed by atoms with Crippen molar-refractivity contribution < 1.29 is 17.9 Å². The Bertz CT molecular complexity index is 840. The Morgan fingerprint density at radius 1 is 1.04 bits per heavy atom. The van der Waals surface area contributed by atoms with E-state index in [9.17, 15) is 8.42 Å². The molecule has 2 aromatic rings. The van der Waals surface area contributed by atoms with Crippen LogP contribution in [0.1, 0.15) is 5.56 Å². The molecule has 0 bridgehead atoms. The SMILES string of the molecule is COc1ccc(OC)c(CN(C)S(=O)(=O)c2cc(Cl)ccc2Cl)c1. The molecule has 130 valence electrons. The monoisotopic (exact) mass is 389 g/mol. The molecule has 0 aliphatic carbocycles. The molecule has 2 rings (SSSR count). The van der Waals surface area contributed by atoms with Crippen LogP contribution in [0.4, 0.5) is 0 Å². The number of nitrogens with zero attached hydrogens (tertiary/aromatic N) is 1. The minimum atomic E-state index is -3.81. The van der Waals surface area contributed by atoms with Crippen molar-refractivity contribution in [2.24, 2.45) is 0 Å². The van der Waals surface area contributed by atoms with Crippen molar-refractivity contribution in [1.82, 2.24) is 4.31 Å². The summed E-state index contributed by atoms with van der Waals surface area (Å²) in [5, 5.41) is 0.411. The zero-order valence-electron chi connectivity index (χ0n) is 13.4. The summed E-state index contributed by atoms with van der Waals surface area (Å²) < 4.78 is 37.2. The number of ether oxygens (including phenoxy) is 2. The highest BCUT2D eigenvalue weighted by Gasteiger charge is 2.25. The Morgan fingerprint density at radius 2 is 1.75 bits per heavy atom. The zero-order valence-corrected chi connectivity index (χ0v) is 15.7. The van der Waals surface area contributed by atoms with Crippen molar-refractivity contribution in [1.29, 1.82) is 0 Å². The molecule has 24 heavy (non-hydrogen) atoms. The first-order valence-electron chi connectivity index (χ1n) is 6.92. The van der Waals surface area contributed by atoms with Gasteiger partial charge >= 0.3 is 0 Å². The van der Waals surface area contributed by atoms with Gasteiger partial charge in [0.1, 0.15) is 16.4 Å². The van der Waals surface area contributed by atoms with Crippen molar-refractivity contribution in [2.75, 3.05) is 21.3 Å². The fourth-order valence-electron chi connectivity index (χ4n) is 2.17. The van der Waals surface area contributed by atoms with E-state index in [1.165, 1.54) is 43.8 Å². The van der Waals surface area contributed by atoms with E-state index < -0.39 is 10.0 Å². The zero-order chi connectivity index (χ0) is 17.9. The lowest BCUT2D eigenvalue weighted by molar-refractivity contribution is 0.389. The highest BCUT2D eigenvalue weighted by molar-refractivity contribution is 7.89. The van der Waals surface area contributed by atoms with Gasteiger partial charge in [0.05, 0.1) is 19.2 Å². The maximum atomic E-state index is 12.8. The number of hydrogen-bond donors (Lipinski definition) is 0. The summed E-state index contributed by atoms with van der Waals surface area (Å²) in [6.45, 7) is 0.0888. The summed E-state index contributed by atoms with van der Waals surface area (Å²) >= 11 is 11.9. The minimum Gasteiger partial charge on any atom is -0.497 e. The van der Waals surface area contributed by atoms with Crippen LogP contribution < -0.4 is 9.47 Å². The molecule has 0 radical (unpaired) electrons. The van der Waals surface area contributed by atoms with Crippen LogP contribution in [0.5, 0.6) is 11.5 Å². The number of benzene rings is 2. The minimum absolute atomic E-state index is 0.0407. The molecule has 0 unspecified atom stereocenters. The van der Waals surface area contributed by atoms with Crippen LogP contribution >= 0.6 is 23.2 Å². The van der Waals surface area contributed by atoms with Crippen molar-refractivity contribution in [3.8, 4) is 11.5 Å². The maximum Gasteiger partial charge on any atom is 0.244 e. The Hall–Kier alpha value is -1.47. The number of rotatable bonds is 6. The molecule has 8 heteroatoms. The van der Waals surface area contributed by atoms with Gasteiger partial charge in [0.2, 0.25) is 10.0 Å². The second kappa shape index (κ2) is 7.61. The summed E-state index contributed by atoms with van der Waals surface area (Å²) in [5.41, 5.74) is 0.668. The lowest BCUT2D eigenvalue weighted by Crippen LogP contribution is -2.27. The van der Waals surface area contributed by atoms with E-state index in [4.69, 9.17) is 32.7 Å². The molecule has 5 nitrogen and oxygen atoms in total. The number of halogens is 2. The van der Waals surface area contributed by atoms with Gasteiger partial charge in [0, 0.05) is 24.2 Å². The van der Waals surface area contributed by atoms with Gasteiger partial charge in [-0.2, -0.15) is 4.31 Å². The summed E-state index contributed by atoms with van der Waals surface area (Å²) in [5.74, 6) is 1.17. The highest BCUT2D eigenvalue weighted by Crippen LogP contribution is 2.30. The Labute approximate surface area is 151 Å². The molecule has 2 aromatic carbocycles. The highest BCUT2D eigenvalue weighted by atomic mass is 35.5. The molecule has 0 amide bonds. The van der Waals surface area contributed by atoms with Gasteiger partial charge in [-0.25, -0.2) is 8.42 Å². The maximum absolute atomic E-state index is 12.8. The van der Waals surface area contributed by atoms with Crippen LogP contribution in [0, 0.1) is 0 Å². The van der Waals surface area contributed by atoms with Gasteiger partial charge in [0.15, 0.2) is 0 Å². The standard InChI is InChI=1S/C16H17Cl2NO4S/c1-19(10-11-8-13(22-2)5-7-15(11)23-3)24(20,21)16-9-12(17)4-6-14(16)18/h4-9H,10H2,1-3H3. The van der Waals surface area contributed by atoms with Crippen molar-refractivity contribution in [3.05, 3.63) is 52.0 Å². The third kappa shape index (κ3) is 3.95. The number of methoxy groups -OCH3 is 2. The summed E-state index contributed by atoms with van der Waals surface area (Å²) in [6.07, 6.45) is 0. The summed E-state index contributed by atoms with van der Waals surface area (Å²) in [6, 6.07) is 9.51. The molecule has 0 saturated heterocycles. The largest absolute Gasteiger partial charge is 0.497 e. The topological polar surface area (TPSA) is 55.8 Å². The van der Waals surface area contributed by atoms with E-state index in [2.05, 4.69) is 0 Å². The number of hydrogen-bond acceptors (Lipinski definition) is 4. The summed E-state index contributed by atoms with van der Waals surface area (Å²) in [4.78, 5) is -0.0407. The lowest BCUT2D eigenvalue weighted by atomic mass is 10.2. The molecule has 0 N–H and O–H groups in total. The van der Waals surface area contributed by atoms with Gasteiger partial charge in [-0.3, -0.25) is 0 Å². The quantitative estimate of drug-likeness (QED) is 0.752. The van der Waals surface area contributed by atoms with Crippen LogP contribution in [-0.2, 0) is 16.6 Å². The normalized spacial score (nSPS) is 11.6. The molecule has 0 fully saturated rings. The second-order valence-electron chi connectivity index (χ2n) is 5.01. The smallest absolute Gasteiger partial charge is 0.244 e. The van der Waals surface area contributed by atoms with Gasteiger partial charge in [-0.15, -0.1) is 0 Å². The fraction of sp³-hybridized carbons (Fsp3) is 0.250. The first kappa shape index (κ1) is 18.9. The van der Waals surface area contributed by atoms with E-state index in [0.717, 1.165) is 0 Å². The number of sulfonamides is 1. The predicted octanol–water partition coefficient (Wildman–Crippen LogP) is 3.83. The van der Waals surface area contributed by atoms with E-state index in [1.807, 2.05) is 0 Å².